The minimum absolute atomic E-state index is 0.134. The molecule has 0 saturated heterocycles. The van der Waals surface area contributed by atoms with Crippen molar-refractivity contribution in [1.82, 2.24) is 0 Å². The van der Waals surface area contributed by atoms with Gasteiger partial charge in [0.25, 0.3) is 0 Å². The lowest BCUT2D eigenvalue weighted by Gasteiger charge is -2.11. The molecule has 0 radical (unpaired) electrons. The Kier molecular flexibility index (Phi) is 2.80. The zero-order valence-electron chi connectivity index (χ0n) is 7.48. The van der Waals surface area contributed by atoms with E-state index in [4.69, 9.17) is 14.7 Å². The molecule has 0 aliphatic heterocycles. The zero-order chi connectivity index (χ0) is 10.0. The summed E-state index contributed by atoms with van der Waals surface area (Å²) >= 11 is 0. The van der Waals surface area contributed by atoms with Crippen molar-refractivity contribution in [2.75, 3.05) is 0 Å². The van der Waals surface area contributed by atoms with Gasteiger partial charge in [-0.15, -0.1) is 0 Å². The topological polar surface area (TPSA) is 69.9 Å². The van der Waals surface area contributed by atoms with Crippen molar-refractivity contribution in [3.63, 3.8) is 0 Å². The van der Waals surface area contributed by atoms with E-state index in [0.29, 0.717) is 16.9 Å². The fraction of sp³-hybridized carbons (Fsp3) is 0.250. The number of hydrogen-bond acceptors (Lipinski definition) is 4. The van der Waals surface area contributed by atoms with E-state index >= 15 is 0 Å². The lowest BCUT2D eigenvalue weighted by Crippen LogP contribution is -2.21. The first kappa shape index (κ1) is 9.89. The van der Waals surface area contributed by atoms with E-state index in [0.717, 1.165) is 0 Å². The van der Waals surface area contributed by atoms with Gasteiger partial charge in [-0.05, 0) is 37.1 Å². The second-order valence-electron chi connectivity index (χ2n) is 2.85. The molecule has 1 aromatic carbocycles. The summed E-state index contributed by atoms with van der Waals surface area (Å²) in [4.78, 5) is 0. The quantitative estimate of drug-likeness (QED) is 0.577. The van der Waals surface area contributed by atoms with Gasteiger partial charge in [0.15, 0.2) is 0 Å². The molecular formula is C8H11BO4. The highest BCUT2D eigenvalue weighted by atomic mass is 16.6. The van der Waals surface area contributed by atoms with Crippen molar-refractivity contribution in [3.05, 3.63) is 23.3 Å². The van der Waals surface area contributed by atoms with E-state index < -0.39 is 7.32 Å². The summed E-state index contributed by atoms with van der Waals surface area (Å²) in [5, 5.41) is 26.4. The van der Waals surface area contributed by atoms with Crippen LogP contribution in [0.25, 0.3) is 0 Å². The number of aryl methyl sites for hydroxylation is 2. The lowest BCUT2D eigenvalue weighted by atomic mass is 10.1. The van der Waals surface area contributed by atoms with Crippen LogP contribution < -0.4 is 4.65 Å². The first-order valence-corrected chi connectivity index (χ1v) is 3.83. The van der Waals surface area contributed by atoms with E-state index in [2.05, 4.69) is 0 Å². The highest BCUT2D eigenvalue weighted by Gasteiger charge is 2.15. The zero-order valence-corrected chi connectivity index (χ0v) is 7.48. The minimum atomic E-state index is -1.83. The monoisotopic (exact) mass is 182 g/mol. The Morgan fingerprint density at radius 2 is 1.62 bits per heavy atom. The maximum atomic E-state index is 9.17. The predicted molar refractivity (Wildman–Crippen MR) is 48.4 cm³/mol. The Hall–Kier alpha value is -1.20. The summed E-state index contributed by atoms with van der Waals surface area (Å²) in [5.74, 6) is 0.516. The molecule has 0 unspecified atom stereocenters. The molecule has 0 amide bonds. The molecule has 0 fully saturated rings. The summed E-state index contributed by atoms with van der Waals surface area (Å²) in [6.07, 6.45) is 0. The van der Waals surface area contributed by atoms with Crippen LogP contribution in [-0.2, 0) is 0 Å². The van der Waals surface area contributed by atoms with E-state index in [1.54, 1.807) is 13.8 Å². The number of benzene rings is 1. The maximum absolute atomic E-state index is 9.17. The molecule has 3 N–H and O–H groups in total. The van der Waals surface area contributed by atoms with Crippen LogP contribution in [0.3, 0.4) is 0 Å². The van der Waals surface area contributed by atoms with Crippen molar-refractivity contribution < 1.29 is 19.8 Å². The summed E-state index contributed by atoms with van der Waals surface area (Å²) in [6.45, 7) is 3.43. The third-order valence-corrected chi connectivity index (χ3v) is 1.67. The van der Waals surface area contributed by atoms with Crippen LogP contribution in [0.2, 0.25) is 0 Å². The molecule has 4 nitrogen and oxygen atoms in total. The molecule has 0 aliphatic rings. The lowest BCUT2D eigenvalue weighted by molar-refractivity contribution is 0.286. The van der Waals surface area contributed by atoms with Crippen molar-refractivity contribution in [2.24, 2.45) is 0 Å². The Morgan fingerprint density at radius 3 is 2.00 bits per heavy atom. The Morgan fingerprint density at radius 1 is 1.15 bits per heavy atom. The van der Waals surface area contributed by atoms with Gasteiger partial charge in [-0.1, -0.05) is 0 Å². The van der Waals surface area contributed by atoms with Crippen LogP contribution in [0.15, 0.2) is 12.1 Å². The van der Waals surface area contributed by atoms with E-state index in [-0.39, 0.29) is 5.75 Å². The third kappa shape index (κ3) is 2.37. The van der Waals surface area contributed by atoms with E-state index in [1.807, 2.05) is 0 Å². The van der Waals surface area contributed by atoms with Crippen molar-refractivity contribution in [1.29, 1.82) is 0 Å². The molecule has 0 saturated carbocycles. The van der Waals surface area contributed by atoms with Gasteiger partial charge in [0, 0.05) is 0 Å². The van der Waals surface area contributed by atoms with Gasteiger partial charge < -0.3 is 19.8 Å². The second kappa shape index (κ2) is 3.68. The molecule has 0 aliphatic carbocycles. The summed E-state index contributed by atoms with van der Waals surface area (Å²) in [5.41, 5.74) is 1.32. The number of hydrogen-bond donors (Lipinski definition) is 3. The fourth-order valence-corrected chi connectivity index (χ4v) is 1.22. The molecule has 0 bridgehead atoms. The van der Waals surface area contributed by atoms with Gasteiger partial charge in [0.05, 0.1) is 0 Å². The molecule has 5 heteroatoms. The Balaban J connectivity index is 3.06. The van der Waals surface area contributed by atoms with Gasteiger partial charge in [-0.2, -0.15) is 0 Å². The summed E-state index contributed by atoms with van der Waals surface area (Å²) < 4.78 is 4.73. The highest BCUT2D eigenvalue weighted by Crippen LogP contribution is 2.27. The van der Waals surface area contributed by atoms with Crippen LogP contribution in [0, 0.1) is 13.8 Å². The largest absolute Gasteiger partial charge is 0.707 e. The maximum Gasteiger partial charge on any atom is 0.707 e. The molecule has 0 heterocycles. The van der Waals surface area contributed by atoms with E-state index in [9.17, 15) is 5.11 Å². The van der Waals surface area contributed by atoms with Gasteiger partial charge >= 0.3 is 7.32 Å². The minimum Gasteiger partial charge on any atom is -0.512 e. The predicted octanol–water partition coefficient (Wildman–Crippen LogP) is 0.357. The average Bonchev–Trinajstić information content (AvgIpc) is 1.96. The van der Waals surface area contributed by atoms with Gasteiger partial charge in [-0.3, -0.25) is 0 Å². The van der Waals surface area contributed by atoms with Crippen molar-refractivity contribution in [3.8, 4) is 11.5 Å². The average molecular weight is 182 g/mol. The van der Waals surface area contributed by atoms with Crippen LogP contribution in [-0.4, -0.2) is 22.5 Å². The van der Waals surface area contributed by atoms with Gasteiger partial charge in [-0.25, -0.2) is 0 Å². The number of phenols is 1. The highest BCUT2D eigenvalue weighted by molar-refractivity contribution is 6.33. The molecule has 13 heavy (non-hydrogen) atoms. The van der Waals surface area contributed by atoms with Gasteiger partial charge in [0.2, 0.25) is 0 Å². The third-order valence-electron chi connectivity index (χ3n) is 1.67. The second-order valence-corrected chi connectivity index (χ2v) is 2.85. The SMILES string of the molecule is Cc1cc(O)cc(C)c1OB(O)O. The molecule has 1 aromatic rings. The molecule has 0 spiro atoms. The Bertz CT molecular complexity index is 288. The first-order valence-electron chi connectivity index (χ1n) is 3.83. The Labute approximate surface area is 76.6 Å². The van der Waals surface area contributed by atoms with Crippen LogP contribution >= 0.6 is 0 Å². The van der Waals surface area contributed by atoms with Gasteiger partial charge in [0.1, 0.15) is 11.5 Å². The van der Waals surface area contributed by atoms with Crippen molar-refractivity contribution >= 4 is 7.32 Å². The summed E-state index contributed by atoms with van der Waals surface area (Å²) in [7, 11) is -1.83. The fourth-order valence-electron chi connectivity index (χ4n) is 1.22. The normalized spacial score (nSPS) is 9.85. The summed E-state index contributed by atoms with van der Waals surface area (Å²) in [6, 6.07) is 2.98. The molecule has 70 valence electrons. The molecule has 0 atom stereocenters. The molecule has 1 rings (SSSR count). The standard InChI is InChI=1S/C8H11BO4/c1-5-3-7(10)4-6(2)8(5)13-9(11)12/h3-4,10-12H,1-2H3. The molecule has 0 aromatic heterocycles. The number of aromatic hydroxyl groups is 1. The van der Waals surface area contributed by atoms with E-state index in [1.165, 1.54) is 12.1 Å². The number of rotatable bonds is 2. The van der Waals surface area contributed by atoms with Crippen LogP contribution in [0.1, 0.15) is 11.1 Å². The van der Waals surface area contributed by atoms with Crippen LogP contribution in [0.4, 0.5) is 0 Å². The smallest absolute Gasteiger partial charge is 0.512 e. The van der Waals surface area contributed by atoms with Crippen molar-refractivity contribution in [2.45, 2.75) is 13.8 Å². The molecular weight excluding hydrogens is 171 g/mol. The first-order chi connectivity index (χ1) is 6.00. The van der Waals surface area contributed by atoms with Crippen LogP contribution in [0.5, 0.6) is 11.5 Å². The number of phenolic OH excluding ortho intramolecular Hbond substituents is 1.